The normalized spacial score (nSPS) is 9.62. The van der Waals surface area contributed by atoms with Crippen LogP contribution in [0.3, 0.4) is 0 Å². The maximum atomic E-state index is 11.0. The SMILES string of the molecule is O=C(/C=C/[O-])c1ccc(Cl)cc1.[Na]. The summed E-state index contributed by atoms with van der Waals surface area (Å²) in [5.41, 5.74) is 0.464. The van der Waals surface area contributed by atoms with Crippen LogP contribution in [0, 0.1) is 0 Å². The second-order valence-corrected chi connectivity index (χ2v) is 2.61. The van der Waals surface area contributed by atoms with Gasteiger partial charge in [0.1, 0.15) is 0 Å². The first kappa shape index (κ1) is 12.7. The van der Waals surface area contributed by atoms with Crippen LogP contribution in [0.4, 0.5) is 0 Å². The van der Waals surface area contributed by atoms with Crippen molar-refractivity contribution in [2.75, 3.05) is 0 Å². The number of hydrogen-bond acceptors (Lipinski definition) is 2. The molecule has 1 aromatic carbocycles. The van der Waals surface area contributed by atoms with Gasteiger partial charge < -0.3 is 5.11 Å². The van der Waals surface area contributed by atoms with Crippen LogP contribution >= 0.6 is 11.6 Å². The molecule has 0 aliphatic rings. The number of allylic oxidation sites excluding steroid dienone is 1. The van der Waals surface area contributed by atoms with Crippen molar-refractivity contribution in [3.63, 3.8) is 0 Å². The molecule has 0 N–H and O–H groups in total. The fourth-order valence-electron chi connectivity index (χ4n) is 0.772. The van der Waals surface area contributed by atoms with Gasteiger partial charge in [0.05, 0.1) is 0 Å². The molecule has 4 heteroatoms. The van der Waals surface area contributed by atoms with Crippen molar-refractivity contribution in [1.29, 1.82) is 0 Å². The zero-order chi connectivity index (χ0) is 8.97. The van der Waals surface area contributed by atoms with Gasteiger partial charge in [0.15, 0.2) is 5.78 Å². The van der Waals surface area contributed by atoms with Crippen LogP contribution in [0.5, 0.6) is 0 Å². The fraction of sp³-hybridized carbons (Fsp3) is 0. The standard InChI is InChI=1S/C9H7ClO2.Na/c10-8-3-1-7(2-4-8)9(12)5-6-11;/h1-6,11H;/p-1/b6-5+;. The molecule has 13 heavy (non-hydrogen) atoms. The molecule has 0 amide bonds. The van der Waals surface area contributed by atoms with Crippen LogP contribution in [0.15, 0.2) is 36.6 Å². The van der Waals surface area contributed by atoms with E-state index in [0.29, 0.717) is 16.8 Å². The van der Waals surface area contributed by atoms with Crippen molar-refractivity contribution < 1.29 is 9.90 Å². The van der Waals surface area contributed by atoms with Gasteiger partial charge in [-0.25, -0.2) is 0 Å². The number of rotatable bonds is 2. The number of carbonyl (C=O) groups is 1. The predicted octanol–water partition coefficient (Wildman–Crippen LogP) is 1.02. The van der Waals surface area contributed by atoms with E-state index in [2.05, 4.69) is 0 Å². The van der Waals surface area contributed by atoms with Crippen molar-refractivity contribution in [3.05, 3.63) is 47.2 Å². The predicted molar refractivity (Wildman–Crippen MR) is 50.7 cm³/mol. The molecule has 0 spiro atoms. The van der Waals surface area contributed by atoms with E-state index in [1.54, 1.807) is 24.3 Å². The van der Waals surface area contributed by atoms with Crippen molar-refractivity contribution in [2.45, 2.75) is 0 Å². The minimum Gasteiger partial charge on any atom is -0.878 e. The molecule has 0 saturated heterocycles. The van der Waals surface area contributed by atoms with E-state index in [4.69, 9.17) is 11.6 Å². The summed E-state index contributed by atoms with van der Waals surface area (Å²) in [6, 6.07) is 6.36. The van der Waals surface area contributed by atoms with Gasteiger partial charge in [0, 0.05) is 40.1 Å². The Morgan fingerprint density at radius 3 is 2.31 bits per heavy atom. The van der Waals surface area contributed by atoms with Crippen LogP contribution in [0.1, 0.15) is 10.4 Å². The molecule has 0 atom stereocenters. The Morgan fingerprint density at radius 2 is 1.85 bits per heavy atom. The third kappa shape index (κ3) is 3.96. The number of ketones is 1. The van der Waals surface area contributed by atoms with E-state index in [-0.39, 0.29) is 35.3 Å². The first-order valence-corrected chi connectivity index (χ1v) is 3.70. The third-order valence-corrected chi connectivity index (χ3v) is 1.60. The molecule has 0 aromatic heterocycles. The largest absolute Gasteiger partial charge is 0.878 e. The summed E-state index contributed by atoms with van der Waals surface area (Å²) in [6.07, 6.45) is 1.44. The second kappa shape index (κ2) is 6.22. The maximum absolute atomic E-state index is 11.0. The molecule has 63 valence electrons. The van der Waals surface area contributed by atoms with E-state index in [9.17, 15) is 9.90 Å². The van der Waals surface area contributed by atoms with Gasteiger partial charge >= 0.3 is 0 Å². The Morgan fingerprint density at radius 1 is 1.31 bits per heavy atom. The van der Waals surface area contributed by atoms with Crippen LogP contribution in [0.25, 0.3) is 0 Å². The van der Waals surface area contributed by atoms with Crippen molar-refractivity contribution >= 4 is 46.9 Å². The van der Waals surface area contributed by atoms with E-state index >= 15 is 0 Å². The third-order valence-electron chi connectivity index (χ3n) is 1.35. The Kier molecular flexibility index (Phi) is 6.08. The topological polar surface area (TPSA) is 40.1 Å². The molecule has 0 heterocycles. The van der Waals surface area contributed by atoms with Gasteiger partial charge in [-0.3, -0.25) is 4.79 Å². The van der Waals surface area contributed by atoms with Gasteiger partial charge in [0.25, 0.3) is 0 Å². The molecule has 0 fully saturated rings. The molecule has 0 bridgehead atoms. The summed E-state index contributed by atoms with van der Waals surface area (Å²) in [7, 11) is 0. The summed E-state index contributed by atoms with van der Waals surface area (Å²) in [5.74, 6) is -0.304. The molecule has 2 nitrogen and oxygen atoms in total. The molecule has 1 aromatic rings. The first-order chi connectivity index (χ1) is 5.74. The maximum Gasteiger partial charge on any atom is 0.184 e. The smallest absolute Gasteiger partial charge is 0.184 e. The molecule has 1 radical (unpaired) electrons. The van der Waals surface area contributed by atoms with Gasteiger partial charge in [0.2, 0.25) is 0 Å². The monoisotopic (exact) mass is 204 g/mol. The van der Waals surface area contributed by atoms with Crippen molar-refractivity contribution in [3.8, 4) is 0 Å². The van der Waals surface area contributed by atoms with Gasteiger partial charge in [-0.2, -0.15) is 0 Å². The summed E-state index contributed by atoms with van der Waals surface area (Å²) in [6.45, 7) is 0. The summed E-state index contributed by atoms with van der Waals surface area (Å²) >= 11 is 5.60. The average molecular weight is 205 g/mol. The summed E-state index contributed by atoms with van der Waals surface area (Å²) < 4.78 is 0. The molecular weight excluding hydrogens is 199 g/mol. The van der Waals surface area contributed by atoms with Gasteiger partial charge in [-0.15, -0.1) is 6.26 Å². The quantitative estimate of drug-likeness (QED) is 0.312. The Labute approximate surface area is 104 Å². The van der Waals surface area contributed by atoms with E-state index in [0.717, 1.165) is 6.08 Å². The van der Waals surface area contributed by atoms with Crippen LogP contribution in [-0.2, 0) is 0 Å². The van der Waals surface area contributed by atoms with E-state index in [1.807, 2.05) is 0 Å². The minimum atomic E-state index is -0.304. The Balaban J connectivity index is 0.00000144. The average Bonchev–Trinajstić information content (AvgIpc) is 2.06. The molecule has 1 rings (SSSR count). The second-order valence-electron chi connectivity index (χ2n) is 2.17. The van der Waals surface area contributed by atoms with E-state index < -0.39 is 0 Å². The van der Waals surface area contributed by atoms with Crippen molar-refractivity contribution in [2.24, 2.45) is 0 Å². The summed E-state index contributed by atoms with van der Waals surface area (Å²) in [4.78, 5) is 11.0. The number of hydrogen-bond donors (Lipinski definition) is 0. The zero-order valence-electron chi connectivity index (χ0n) is 7.16. The number of halogens is 1. The fourth-order valence-corrected chi connectivity index (χ4v) is 0.898. The molecule has 0 unspecified atom stereocenters. The van der Waals surface area contributed by atoms with Crippen LogP contribution in [0.2, 0.25) is 5.02 Å². The zero-order valence-corrected chi connectivity index (χ0v) is 9.91. The Bertz CT molecular complexity index is 306. The first-order valence-electron chi connectivity index (χ1n) is 3.32. The van der Waals surface area contributed by atoms with Crippen LogP contribution in [-0.4, -0.2) is 35.3 Å². The molecular formula is C9H6ClNaO2-. The summed E-state index contributed by atoms with van der Waals surface area (Å²) in [5, 5.41) is 10.5. The number of benzene rings is 1. The minimum absolute atomic E-state index is 0. The molecule has 0 saturated carbocycles. The van der Waals surface area contributed by atoms with Gasteiger partial charge in [-0.05, 0) is 30.3 Å². The number of carbonyl (C=O) groups excluding carboxylic acids is 1. The molecule has 0 aliphatic heterocycles. The van der Waals surface area contributed by atoms with E-state index in [1.165, 1.54) is 0 Å². The van der Waals surface area contributed by atoms with Crippen molar-refractivity contribution in [1.82, 2.24) is 0 Å². The Hall–Kier alpha value is -0.280. The van der Waals surface area contributed by atoms with Gasteiger partial charge in [-0.1, -0.05) is 11.6 Å². The molecule has 0 aliphatic carbocycles. The van der Waals surface area contributed by atoms with Crippen LogP contribution < -0.4 is 5.11 Å².